The molecule has 0 spiro atoms. The highest BCUT2D eigenvalue weighted by Gasteiger charge is 2.40. The van der Waals surface area contributed by atoms with Crippen molar-refractivity contribution >= 4 is 0 Å². The smallest absolute Gasteiger partial charge is 0.0463 e. The molecule has 1 N–H and O–H groups in total. The van der Waals surface area contributed by atoms with Crippen molar-refractivity contribution in [3.05, 3.63) is 11.6 Å². The van der Waals surface area contributed by atoms with Crippen molar-refractivity contribution < 1.29 is 0 Å². The minimum atomic E-state index is 0.300. The molecule has 1 aliphatic heterocycles. The molecule has 1 heterocycles. The molecule has 2 aliphatic rings. The lowest BCUT2D eigenvalue weighted by Gasteiger charge is -2.46. The van der Waals surface area contributed by atoms with E-state index < -0.39 is 0 Å². The van der Waals surface area contributed by atoms with Crippen molar-refractivity contribution in [2.24, 2.45) is 0 Å². The van der Waals surface area contributed by atoms with E-state index >= 15 is 0 Å². The summed E-state index contributed by atoms with van der Waals surface area (Å²) in [7, 11) is 0. The highest BCUT2D eigenvalue weighted by atomic mass is 15.2. The maximum atomic E-state index is 3.90. The summed E-state index contributed by atoms with van der Waals surface area (Å²) in [4.78, 5) is 2.76. The molecule has 116 valence electrons. The summed E-state index contributed by atoms with van der Waals surface area (Å²) >= 11 is 0. The molecule has 0 aromatic rings. The van der Waals surface area contributed by atoms with Gasteiger partial charge in [-0.25, -0.2) is 0 Å². The van der Waals surface area contributed by atoms with E-state index in [9.17, 15) is 0 Å². The normalized spacial score (nSPS) is 25.2. The summed E-state index contributed by atoms with van der Waals surface area (Å²) in [6.07, 6.45) is 13.1. The standard InChI is InChI=1S/C18H34N2/c1-4-13-19-17(16-11-7-6-8-12-16)18(3,5-2)20-14-9-10-15-20/h11,17,19H,4-10,12-15H2,1-3H3. The van der Waals surface area contributed by atoms with Crippen LogP contribution in [0.3, 0.4) is 0 Å². The van der Waals surface area contributed by atoms with Crippen LogP contribution in [0.15, 0.2) is 11.6 Å². The Morgan fingerprint density at radius 1 is 1.20 bits per heavy atom. The Morgan fingerprint density at radius 2 is 1.95 bits per heavy atom. The van der Waals surface area contributed by atoms with E-state index in [1.165, 1.54) is 64.5 Å². The fourth-order valence-corrected chi connectivity index (χ4v) is 4.00. The molecule has 0 bridgehead atoms. The van der Waals surface area contributed by atoms with Gasteiger partial charge < -0.3 is 5.32 Å². The van der Waals surface area contributed by atoms with Crippen molar-refractivity contribution in [3.8, 4) is 0 Å². The second-order valence-corrected chi connectivity index (χ2v) is 6.82. The van der Waals surface area contributed by atoms with E-state index in [0.29, 0.717) is 11.6 Å². The van der Waals surface area contributed by atoms with E-state index in [4.69, 9.17) is 0 Å². The number of hydrogen-bond acceptors (Lipinski definition) is 2. The van der Waals surface area contributed by atoms with Gasteiger partial charge in [-0.05, 0) is 77.9 Å². The van der Waals surface area contributed by atoms with Gasteiger partial charge in [0.1, 0.15) is 0 Å². The number of nitrogens with one attached hydrogen (secondary N) is 1. The number of rotatable bonds is 7. The topological polar surface area (TPSA) is 15.3 Å². The van der Waals surface area contributed by atoms with Crippen LogP contribution in [0.2, 0.25) is 0 Å². The van der Waals surface area contributed by atoms with Crippen molar-refractivity contribution in [2.45, 2.75) is 83.7 Å². The molecule has 0 saturated carbocycles. The molecule has 2 heteroatoms. The highest BCUT2D eigenvalue weighted by Crippen LogP contribution is 2.34. The monoisotopic (exact) mass is 278 g/mol. The SMILES string of the molecule is CCCNC(C1=CCCCC1)C(C)(CC)N1CCCC1. The molecule has 0 aromatic carbocycles. The molecule has 0 amide bonds. The molecule has 2 unspecified atom stereocenters. The van der Waals surface area contributed by atoms with Crippen LogP contribution in [0, 0.1) is 0 Å². The van der Waals surface area contributed by atoms with Crippen molar-refractivity contribution in [1.82, 2.24) is 10.2 Å². The van der Waals surface area contributed by atoms with Crippen LogP contribution in [0.25, 0.3) is 0 Å². The molecule has 2 rings (SSSR count). The third kappa shape index (κ3) is 3.46. The number of nitrogens with zero attached hydrogens (tertiary/aromatic N) is 1. The lowest BCUT2D eigenvalue weighted by molar-refractivity contribution is 0.0956. The third-order valence-electron chi connectivity index (χ3n) is 5.46. The van der Waals surface area contributed by atoms with Crippen LogP contribution in [-0.2, 0) is 0 Å². The molecule has 0 aromatic heterocycles. The zero-order valence-corrected chi connectivity index (χ0v) is 13.9. The van der Waals surface area contributed by atoms with Crippen LogP contribution < -0.4 is 5.32 Å². The van der Waals surface area contributed by atoms with Crippen LogP contribution in [0.5, 0.6) is 0 Å². The summed E-state index contributed by atoms with van der Waals surface area (Å²) < 4.78 is 0. The first-order valence-electron chi connectivity index (χ1n) is 8.89. The fraction of sp³-hybridized carbons (Fsp3) is 0.889. The molecular formula is C18H34N2. The van der Waals surface area contributed by atoms with Crippen molar-refractivity contribution in [1.29, 1.82) is 0 Å². The average molecular weight is 278 g/mol. The summed E-state index contributed by atoms with van der Waals surface area (Å²) in [6.45, 7) is 10.9. The van der Waals surface area contributed by atoms with Gasteiger partial charge in [-0.3, -0.25) is 4.90 Å². The number of likely N-dealkylation sites (tertiary alicyclic amines) is 1. The lowest BCUT2D eigenvalue weighted by Crippen LogP contribution is -2.59. The van der Waals surface area contributed by atoms with E-state index in [1.54, 1.807) is 5.57 Å². The Hall–Kier alpha value is -0.340. The maximum Gasteiger partial charge on any atom is 0.0463 e. The van der Waals surface area contributed by atoms with Gasteiger partial charge in [0.05, 0.1) is 0 Å². The summed E-state index contributed by atoms with van der Waals surface area (Å²) in [5, 5.41) is 3.90. The molecule has 20 heavy (non-hydrogen) atoms. The summed E-state index contributed by atoms with van der Waals surface area (Å²) in [5.74, 6) is 0. The van der Waals surface area contributed by atoms with Gasteiger partial charge in [0, 0.05) is 11.6 Å². The fourth-order valence-electron chi connectivity index (χ4n) is 4.00. The van der Waals surface area contributed by atoms with E-state index in [-0.39, 0.29) is 0 Å². The molecule has 1 fully saturated rings. The Balaban J connectivity index is 2.19. The Labute approximate surface area is 126 Å². The minimum Gasteiger partial charge on any atom is -0.309 e. The second kappa shape index (κ2) is 7.61. The largest absolute Gasteiger partial charge is 0.309 e. The van der Waals surface area contributed by atoms with Gasteiger partial charge >= 0.3 is 0 Å². The zero-order chi connectivity index (χ0) is 14.4. The second-order valence-electron chi connectivity index (χ2n) is 6.82. The van der Waals surface area contributed by atoms with Gasteiger partial charge in [0.25, 0.3) is 0 Å². The van der Waals surface area contributed by atoms with Gasteiger partial charge in [-0.2, -0.15) is 0 Å². The van der Waals surface area contributed by atoms with Crippen molar-refractivity contribution in [3.63, 3.8) is 0 Å². The van der Waals surface area contributed by atoms with E-state index in [2.05, 4.69) is 37.1 Å². The van der Waals surface area contributed by atoms with Crippen LogP contribution in [0.4, 0.5) is 0 Å². The van der Waals surface area contributed by atoms with Crippen LogP contribution >= 0.6 is 0 Å². The third-order valence-corrected chi connectivity index (χ3v) is 5.46. The van der Waals surface area contributed by atoms with Crippen molar-refractivity contribution in [2.75, 3.05) is 19.6 Å². The highest BCUT2D eigenvalue weighted by molar-refractivity contribution is 5.20. The summed E-state index contributed by atoms with van der Waals surface area (Å²) in [6, 6.07) is 0.561. The predicted molar refractivity (Wildman–Crippen MR) is 88.1 cm³/mol. The van der Waals surface area contributed by atoms with E-state index in [0.717, 1.165) is 6.54 Å². The minimum absolute atomic E-state index is 0.300. The van der Waals surface area contributed by atoms with E-state index in [1.807, 2.05) is 0 Å². The first-order valence-corrected chi connectivity index (χ1v) is 8.89. The maximum absolute atomic E-state index is 3.90. The molecule has 1 saturated heterocycles. The Bertz CT molecular complexity index is 317. The quantitative estimate of drug-likeness (QED) is 0.705. The van der Waals surface area contributed by atoms with Crippen LogP contribution in [-0.4, -0.2) is 36.1 Å². The molecular weight excluding hydrogens is 244 g/mol. The summed E-state index contributed by atoms with van der Waals surface area (Å²) in [5.41, 5.74) is 2.00. The first-order chi connectivity index (χ1) is 9.72. The molecule has 2 atom stereocenters. The number of allylic oxidation sites excluding steroid dienone is 1. The van der Waals surface area contributed by atoms with Gasteiger partial charge in [-0.15, -0.1) is 0 Å². The Morgan fingerprint density at radius 3 is 2.50 bits per heavy atom. The van der Waals surface area contributed by atoms with Gasteiger partial charge in [0.2, 0.25) is 0 Å². The number of hydrogen-bond donors (Lipinski definition) is 1. The zero-order valence-electron chi connectivity index (χ0n) is 13.9. The molecule has 0 radical (unpaired) electrons. The van der Waals surface area contributed by atoms with Gasteiger partial charge in [-0.1, -0.05) is 25.5 Å². The molecule has 2 nitrogen and oxygen atoms in total. The molecule has 1 aliphatic carbocycles. The average Bonchev–Trinajstić information content (AvgIpc) is 3.03. The lowest BCUT2D eigenvalue weighted by atomic mass is 9.79. The van der Waals surface area contributed by atoms with Crippen LogP contribution in [0.1, 0.15) is 72.1 Å². The Kier molecular flexibility index (Phi) is 6.10. The first kappa shape index (κ1) is 16.0. The van der Waals surface area contributed by atoms with Gasteiger partial charge in [0.15, 0.2) is 0 Å². The predicted octanol–water partition coefficient (Wildman–Crippen LogP) is 4.12.